The maximum atomic E-state index is 13.0. The van der Waals surface area contributed by atoms with E-state index in [1.807, 2.05) is 6.20 Å². The molecule has 28 heavy (non-hydrogen) atoms. The van der Waals surface area contributed by atoms with E-state index in [1.165, 1.54) is 0 Å². The third-order valence-corrected chi connectivity index (χ3v) is 5.48. The summed E-state index contributed by atoms with van der Waals surface area (Å²) in [6.07, 6.45) is 5.99. The summed E-state index contributed by atoms with van der Waals surface area (Å²) in [7, 11) is 0. The first kappa shape index (κ1) is 18.6. The van der Waals surface area contributed by atoms with Gasteiger partial charge >= 0.3 is 0 Å². The number of aryl methyl sites for hydroxylation is 1. The number of carbonyl (C=O) groups excluding carboxylic acids is 2. The van der Waals surface area contributed by atoms with Gasteiger partial charge in [0.25, 0.3) is 5.91 Å². The van der Waals surface area contributed by atoms with Gasteiger partial charge in [0, 0.05) is 57.2 Å². The summed E-state index contributed by atoms with van der Waals surface area (Å²) in [5.74, 6) is 1.36. The molecule has 4 heterocycles. The Labute approximate surface area is 163 Å². The van der Waals surface area contributed by atoms with Gasteiger partial charge in [0.15, 0.2) is 11.5 Å². The number of aromatic nitrogens is 3. The van der Waals surface area contributed by atoms with E-state index in [0.29, 0.717) is 31.2 Å². The second kappa shape index (κ2) is 7.69. The Kier molecular flexibility index (Phi) is 5.11. The van der Waals surface area contributed by atoms with Crippen molar-refractivity contribution in [2.75, 3.05) is 13.1 Å². The molecule has 8 nitrogen and oxygen atoms in total. The second-order valence-corrected chi connectivity index (χ2v) is 7.48. The molecule has 2 aliphatic heterocycles. The number of amides is 2. The Morgan fingerprint density at radius 3 is 2.96 bits per heavy atom. The number of likely N-dealkylation sites (tertiary alicyclic amines) is 1. The highest BCUT2D eigenvalue weighted by Gasteiger charge is 2.34. The largest absolute Gasteiger partial charge is 0.361 e. The van der Waals surface area contributed by atoms with Gasteiger partial charge in [-0.25, -0.2) is 9.97 Å². The fourth-order valence-electron chi connectivity index (χ4n) is 3.96. The minimum atomic E-state index is -0.144. The van der Waals surface area contributed by atoms with E-state index in [2.05, 4.69) is 17.1 Å². The first-order valence-electron chi connectivity index (χ1n) is 9.93. The molecule has 1 saturated heterocycles. The lowest BCUT2D eigenvalue weighted by molar-refractivity contribution is -0.129. The van der Waals surface area contributed by atoms with Crippen molar-refractivity contribution in [1.82, 2.24) is 24.9 Å². The van der Waals surface area contributed by atoms with E-state index < -0.39 is 0 Å². The van der Waals surface area contributed by atoms with Gasteiger partial charge in [-0.1, -0.05) is 12.1 Å². The van der Waals surface area contributed by atoms with Crippen molar-refractivity contribution in [2.45, 2.75) is 58.5 Å². The van der Waals surface area contributed by atoms with Crippen molar-refractivity contribution in [3.05, 3.63) is 40.8 Å². The van der Waals surface area contributed by atoms with Crippen LogP contribution in [0.15, 0.2) is 16.8 Å². The summed E-state index contributed by atoms with van der Waals surface area (Å²) in [5.41, 5.74) is 2.32. The highest BCUT2D eigenvalue weighted by molar-refractivity contribution is 5.92. The zero-order chi connectivity index (χ0) is 19.7. The van der Waals surface area contributed by atoms with Gasteiger partial charge in [-0.15, -0.1) is 0 Å². The normalized spacial score (nSPS) is 19.0. The first-order chi connectivity index (χ1) is 13.6. The van der Waals surface area contributed by atoms with Crippen LogP contribution in [-0.4, -0.2) is 49.8 Å². The minimum absolute atomic E-state index is 0.0670. The summed E-state index contributed by atoms with van der Waals surface area (Å²) < 4.78 is 5.27. The molecule has 0 radical (unpaired) electrons. The smallest absolute Gasteiger partial charge is 0.276 e. The average molecular weight is 383 g/mol. The van der Waals surface area contributed by atoms with Crippen molar-refractivity contribution < 1.29 is 14.1 Å². The number of fused-ring (bicyclic) bond motifs is 1. The second-order valence-electron chi connectivity index (χ2n) is 7.48. The average Bonchev–Trinajstić information content (AvgIpc) is 3.36. The number of rotatable bonds is 4. The molecule has 0 bridgehead atoms. The van der Waals surface area contributed by atoms with Crippen molar-refractivity contribution in [1.29, 1.82) is 0 Å². The highest BCUT2D eigenvalue weighted by atomic mass is 16.5. The Balaban J connectivity index is 1.53. The third kappa shape index (κ3) is 3.50. The predicted molar refractivity (Wildman–Crippen MR) is 100 cm³/mol. The van der Waals surface area contributed by atoms with Gasteiger partial charge in [-0.3, -0.25) is 9.59 Å². The van der Waals surface area contributed by atoms with Gasteiger partial charge in [-0.2, -0.15) is 0 Å². The molecule has 148 valence electrons. The molecule has 1 atom stereocenters. The summed E-state index contributed by atoms with van der Waals surface area (Å²) in [5, 5.41) is 3.96. The van der Waals surface area contributed by atoms with Crippen LogP contribution in [0.3, 0.4) is 0 Å². The predicted octanol–water partition coefficient (Wildman–Crippen LogP) is 2.30. The summed E-state index contributed by atoms with van der Waals surface area (Å²) in [4.78, 5) is 37.5. The molecule has 4 rings (SSSR count). The Morgan fingerprint density at radius 2 is 2.18 bits per heavy atom. The Bertz CT molecular complexity index is 894. The molecule has 0 saturated carbocycles. The Morgan fingerprint density at radius 1 is 1.32 bits per heavy atom. The maximum absolute atomic E-state index is 13.0. The minimum Gasteiger partial charge on any atom is -0.361 e. The Hall–Kier alpha value is -2.77. The van der Waals surface area contributed by atoms with Crippen LogP contribution in [0, 0.1) is 0 Å². The van der Waals surface area contributed by atoms with Crippen LogP contribution < -0.4 is 0 Å². The molecule has 8 heteroatoms. The van der Waals surface area contributed by atoms with Crippen molar-refractivity contribution in [2.24, 2.45) is 0 Å². The zero-order valence-corrected chi connectivity index (χ0v) is 16.3. The lowest BCUT2D eigenvalue weighted by atomic mass is 10.1. The molecule has 0 aliphatic carbocycles. The molecular formula is C20H25N5O3. The van der Waals surface area contributed by atoms with Gasteiger partial charge in [-0.05, 0) is 19.3 Å². The van der Waals surface area contributed by atoms with Crippen molar-refractivity contribution in [3.8, 4) is 0 Å². The van der Waals surface area contributed by atoms with Crippen molar-refractivity contribution in [3.63, 3.8) is 0 Å². The standard InChI is InChI=1S/C20H25N5O3/c1-3-5-15-10-17(23-28-15)20(27)25-8-4-6-18(25)19-21-11-14-12-24(13(2)26)9-7-16(14)22-19/h10-11,18H,3-9,12H2,1-2H3/t18-/m0/s1. The van der Waals surface area contributed by atoms with E-state index >= 15 is 0 Å². The lowest BCUT2D eigenvalue weighted by Gasteiger charge is -2.28. The van der Waals surface area contributed by atoms with Crippen molar-refractivity contribution >= 4 is 11.8 Å². The van der Waals surface area contributed by atoms with Gasteiger partial charge in [0.2, 0.25) is 5.91 Å². The summed E-state index contributed by atoms with van der Waals surface area (Å²) in [6.45, 7) is 5.53. The fraction of sp³-hybridized carbons (Fsp3) is 0.550. The van der Waals surface area contributed by atoms with E-state index in [4.69, 9.17) is 9.51 Å². The van der Waals surface area contributed by atoms with E-state index in [1.54, 1.807) is 22.8 Å². The molecule has 0 aromatic carbocycles. The van der Waals surface area contributed by atoms with Crippen LogP contribution in [0.5, 0.6) is 0 Å². The molecule has 0 spiro atoms. The quantitative estimate of drug-likeness (QED) is 0.804. The number of hydrogen-bond acceptors (Lipinski definition) is 6. The highest BCUT2D eigenvalue weighted by Crippen LogP contribution is 2.32. The van der Waals surface area contributed by atoms with E-state index in [0.717, 1.165) is 49.1 Å². The summed E-state index contributed by atoms with van der Waals surface area (Å²) >= 11 is 0. The van der Waals surface area contributed by atoms with E-state index in [9.17, 15) is 9.59 Å². The van der Waals surface area contributed by atoms with E-state index in [-0.39, 0.29) is 17.9 Å². The maximum Gasteiger partial charge on any atom is 0.276 e. The third-order valence-electron chi connectivity index (χ3n) is 5.48. The lowest BCUT2D eigenvalue weighted by Crippen LogP contribution is -2.36. The SMILES string of the molecule is CCCc1cc(C(=O)N2CCC[C@H]2c2ncc3c(n2)CCN(C(C)=O)C3)no1. The first-order valence-corrected chi connectivity index (χ1v) is 9.93. The molecule has 2 aromatic heterocycles. The molecule has 0 N–H and O–H groups in total. The van der Waals surface area contributed by atoms with Crippen LogP contribution in [0.25, 0.3) is 0 Å². The van der Waals surface area contributed by atoms with Crippen LogP contribution in [0.4, 0.5) is 0 Å². The molecule has 2 amide bonds. The van der Waals surface area contributed by atoms with Gasteiger partial charge < -0.3 is 14.3 Å². The number of carbonyl (C=O) groups is 2. The van der Waals surface area contributed by atoms with Gasteiger partial charge in [0.05, 0.1) is 11.7 Å². The molecular weight excluding hydrogens is 358 g/mol. The van der Waals surface area contributed by atoms with Crippen LogP contribution in [0.1, 0.15) is 72.5 Å². The fourth-order valence-corrected chi connectivity index (χ4v) is 3.96. The van der Waals surface area contributed by atoms with Crippen LogP contribution >= 0.6 is 0 Å². The molecule has 0 unspecified atom stereocenters. The zero-order valence-electron chi connectivity index (χ0n) is 16.3. The number of hydrogen-bond donors (Lipinski definition) is 0. The molecule has 2 aromatic rings. The van der Waals surface area contributed by atoms with Crippen LogP contribution in [-0.2, 0) is 24.2 Å². The summed E-state index contributed by atoms with van der Waals surface area (Å²) in [6, 6.07) is 1.60. The molecule has 2 aliphatic rings. The molecule has 1 fully saturated rings. The topological polar surface area (TPSA) is 92.4 Å². The monoisotopic (exact) mass is 383 g/mol. The number of nitrogens with zero attached hydrogens (tertiary/aromatic N) is 5. The van der Waals surface area contributed by atoms with Crippen LogP contribution in [0.2, 0.25) is 0 Å². The van der Waals surface area contributed by atoms with Gasteiger partial charge in [0.1, 0.15) is 5.76 Å².